The highest BCUT2D eigenvalue weighted by molar-refractivity contribution is 14.1. The minimum Gasteiger partial charge on any atom is -0.302 e. The SMILES string of the molecule is O=CC(I)C=O. The maximum atomic E-state index is 9.50. The Kier molecular flexibility index (Phi) is 3.31. The van der Waals surface area contributed by atoms with E-state index in [2.05, 4.69) is 0 Å². The molecule has 0 bridgehead atoms. The molecular weight excluding hydrogens is 195 g/mol. The maximum absolute atomic E-state index is 9.50. The van der Waals surface area contributed by atoms with E-state index in [1.54, 1.807) is 22.6 Å². The smallest absolute Gasteiger partial charge is 0.139 e. The number of rotatable bonds is 2. The molecule has 0 unspecified atom stereocenters. The van der Waals surface area contributed by atoms with Gasteiger partial charge in [0.15, 0.2) is 0 Å². The lowest BCUT2D eigenvalue weighted by Crippen LogP contribution is -1.97. The molecule has 0 saturated heterocycles. The van der Waals surface area contributed by atoms with Gasteiger partial charge in [0.1, 0.15) is 16.5 Å². The van der Waals surface area contributed by atoms with Crippen LogP contribution in [0.3, 0.4) is 0 Å². The van der Waals surface area contributed by atoms with Crippen LogP contribution in [-0.2, 0) is 9.59 Å². The second-order valence-corrected chi connectivity index (χ2v) is 2.15. The van der Waals surface area contributed by atoms with E-state index in [1.807, 2.05) is 0 Å². The Morgan fingerprint density at radius 1 is 1.33 bits per heavy atom. The van der Waals surface area contributed by atoms with Crippen molar-refractivity contribution in [2.45, 2.75) is 3.92 Å². The van der Waals surface area contributed by atoms with Crippen molar-refractivity contribution in [3.63, 3.8) is 0 Å². The average molecular weight is 198 g/mol. The molecule has 3 heteroatoms. The van der Waals surface area contributed by atoms with E-state index in [9.17, 15) is 9.59 Å². The third-order valence-corrected chi connectivity index (χ3v) is 0.847. The van der Waals surface area contributed by atoms with E-state index in [0.717, 1.165) is 0 Å². The van der Waals surface area contributed by atoms with E-state index >= 15 is 0 Å². The second kappa shape index (κ2) is 3.27. The van der Waals surface area contributed by atoms with Crippen molar-refractivity contribution in [3.05, 3.63) is 0 Å². The van der Waals surface area contributed by atoms with Crippen molar-refractivity contribution in [3.8, 4) is 0 Å². The highest BCUT2D eigenvalue weighted by atomic mass is 127. The molecular formula is C3H3IO2. The minimum absolute atomic E-state index is 0.456. The average Bonchev–Trinajstić information content (AvgIpc) is 1.65. The van der Waals surface area contributed by atoms with Gasteiger partial charge in [-0.25, -0.2) is 0 Å². The molecule has 0 heterocycles. The van der Waals surface area contributed by atoms with Crippen LogP contribution < -0.4 is 0 Å². The Bertz CT molecular complexity index is 53.8. The van der Waals surface area contributed by atoms with Crippen LogP contribution in [0.5, 0.6) is 0 Å². The van der Waals surface area contributed by atoms with Crippen LogP contribution in [0.2, 0.25) is 0 Å². The van der Waals surface area contributed by atoms with Crippen molar-refractivity contribution >= 4 is 35.2 Å². The Hall–Kier alpha value is 0.0700. The third-order valence-electron chi connectivity index (χ3n) is 0.260. The van der Waals surface area contributed by atoms with Crippen LogP contribution in [0.4, 0.5) is 0 Å². The lowest BCUT2D eigenvalue weighted by Gasteiger charge is -1.76. The molecule has 0 aromatic heterocycles. The van der Waals surface area contributed by atoms with Crippen LogP contribution in [0.25, 0.3) is 0 Å². The molecule has 2 nitrogen and oxygen atoms in total. The molecule has 6 heavy (non-hydrogen) atoms. The molecule has 0 aromatic carbocycles. The fraction of sp³-hybridized carbons (Fsp3) is 0.333. The molecule has 0 aliphatic rings. The highest BCUT2D eigenvalue weighted by Crippen LogP contribution is 1.87. The molecule has 34 valence electrons. The first-order valence-corrected chi connectivity index (χ1v) is 2.60. The summed E-state index contributed by atoms with van der Waals surface area (Å²) in [6.45, 7) is 0. The fourth-order valence-corrected chi connectivity index (χ4v) is 0.0321. The quantitative estimate of drug-likeness (QED) is 0.274. The van der Waals surface area contributed by atoms with Gasteiger partial charge in [0, 0.05) is 0 Å². The first kappa shape index (κ1) is 6.07. The fourth-order valence-electron chi connectivity index (χ4n) is 0.0321. The Labute approximate surface area is 49.1 Å². The van der Waals surface area contributed by atoms with Crippen LogP contribution in [0.1, 0.15) is 0 Å². The summed E-state index contributed by atoms with van der Waals surface area (Å²) in [4.78, 5) is 19.0. The molecule has 0 amide bonds. The molecule has 0 spiro atoms. The van der Waals surface area contributed by atoms with Crippen molar-refractivity contribution in [2.75, 3.05) is 0 Å². The number of halogens is 1. The van der Waals surface area contributed by atoms with Gasteiger partial charge in [-0.1, -0.05) is 22.6 Å². The number of hydrogen-bond acceptors (Lipinski definition) is 2. The highest BCUT2D eigenvalue weighted by Gasteiger charge is 1.92. The summed E-state index contributed by atoms with van der Waals surface area (Å²) in [5, 5.41) is 0. The number of carbonyl (C=O) groups excluding carboxylic acids is 2. The van der Waals surface area contributed by atoms with Crippen molar-refractivity contribution in [1.82, 2.24) is 0 Å². The summed E-state index contributed by atoms with van der Waals surface area (Å²) in [5.74, 6) is 0. The molecule has 0 radical (unpaired) electrons. The van der Waals surface area contributed by atoms with Crippen LogP contribution in [0, 0.1) is 0 Å². The topological polar surface area (TPSA) is 34.1 Å². The van der Waals surface area contributed by atoms with Gasteiger partial charge in [0.25, 0.3) is 0 Å². The molecule has 0 atom stereocenters. The summed E-state index contributed by atoms with van der Waals surface area (Å²) in [5.41, 5.74) is 0. The predicted octanol–water partition coefficient (Wildman–Crippen LogP) is 0.188. The molecule has 0 aliphatic carbocycles. The van der Waals surface area contributed by atoms with Crippen LogP contribution in [0.15, 0.2) is 0 Å². The monoisotopic (exact) mass is 198 g/mol. The third kappa shape index (κ3) is 2.32. The normalized spacial score (nSPS) is 8.33. The molecule has 0 N–H and O–H groups in total. The van der Waals surface area contributed by atoms with E-state index in [-0.39, 0.29) is 0 Å². The van der Waals surface area contributed by atoms with Gasteiger partial charge in [-0.15, -0.1) is 0 Å². The summed E-state index contributed by atoms with van der Waals surface area (Å²) in [7, 11) is 0. The Morgan fingerprint density at radius 3 is 1.67 bits per heavy atom. The van der Waals surface area contributed by atoms with E-state index in [1.165, 1.54) is 0 Å². The van der Waals surface area contributed by atoms with Crippen LogP contribution >= 0.6 is 22.6 Å². The largest absolute Gasteiger partial charge is 0.302 e. The standard InChI is InChI=1S/C3H3IO2/c4-3(1-5)2-6/h1-3H. The molecule has 0 rings (SSSR count). The van der Waals surface area contributed by atoms with E-state index in [0.29, 0.717) is 12.6 Å². The first-order chi connectivity index (χ1) is 2.81. The zero-order valence-corrected chi connectivity index (χ0v) is 5.08. The maximum Gasteiger partial charge on any atom is 0.139 e. The molecule has 0 aromatic rings. The van der Waals surface area contributed by atoms with Crippen molar-refractivity contribution in [2.24, 2.45) is 0 Å². The predicted molar refractivity (Wildman–Crippen MR) is 29.9 cm³/mol. The van der Waals surface area contributed by atoms with Gasteiger partial charge in [0.05, 0.1) is 0 Å². The van der Waals surface area contributed by atoms with Crippen molar-refractivity contribution in [1.29, 1.82) is 0 Å². The Balaban J connectivity index is 3.21. The van der Waals surface area contributed by atoms with E-state index < -0.39 is 3.92 Å². The lowest BCUT2D eigenvalue weighted by molar-refractivity contribution is -0.113. The van der Waals surface area contributed by atoms with Gasteiger partial charge < -0.3 is 9.59 Å². The number of aldehydes is 2. The zero-order valence-electron chi connectivity index (χ0n) is 2.93. The Morgan fingerprint density at radius 2 is 1.67 bits per heavy atom. The van der Waals surface area contributed by atoms with Crippen molar-refractivity contribution < 1.29 is 9.59 Å². The summed E-state index contributed by atoms with van der Waals surface area (Å²) in [6.07, 6.45) is 1.18. The van der Waals surface area contributed by atoms with E-state index in [4.69, 9.17) is 0 Å². The number of alkyl halides is 1. The molecule has 0 fully saturated rings. The summed E-state index contributed by atoms with van der Waals surface area (Å²) >= 11 is 1.73. The number of hydrogen-bond donors (Lipinski definition) is 0. The first-order valence-electron chi connectivity index (χ1n) is 1.36. The second-order valence-electron chi connectivity index (χ2n) is 0.717. The zero-order chi connectivity index (χ0) is 4.99. The lowest BCUT2D eigenvalue weighted by atomic mass is 10.5. The van der Waals surface area contributed by atoms with Gasteiger partial charge in [-0.2, -0.15) is 0 Å². The van der Waals surface area contributed by atoms with Crippen LogP contribution in [-0.4, -0.2) is 16.5 Å². The minimum atomic E-state index is -0.456. The molecule has 0 saturated carbocycles. The van der Waals surface area contributed by atoms with Gasteiger partial charge in [0.2, 0.25) is 0 Å². The summed E-state index contributed by atoms with van der Waals surface area (Å²) < 4.78 is -0.456. The van der Waals surface area contributed by atoms with Gasteiger partial charge in [-0.05, 0) is 0 Å². The summed E-state index contributed by atoms with van der Waals surface area (Å²) in [6, 6.07) is 0. The molecule has 0 aliphatic heterocycles. The van der Waals surface area contributed by atoms with Gasteiger partial charge in [-0.3, -0.25) is 0 Å². The van der Waals surface area contributed by atoms with Gasteiger partial charge >= 0.3 is 0 Å². The number of carbonyl (C=O) groups is 2.